The van der Waals surface area contributed by atoms with Gasteiger partial charge in [0.05, 0.1) is 24.3 Å². The van der Waals surface area contributed by atoms with Crippen molar-refractivity contribution in [3.05, 3.63) is 71.8 Å². The lowest BCUT2D eigenvalue weighted by molar-refractivity contribution is -0.138. The summed E-state index contributed by atoms with van der Waals surface area (Å²) in [6.07, 6.45) is -0.298. The monoisotopic (exact) mass is 662 g/mol. The number of carbonyl (C=O) groups is 4. The van der Waals surface area contributed by atoms with Gasteiger partial charge in [0.15, 0.2) is 18.1 Å². The quantitative estimate of drug-likeness (QED) is 0.143. The smallest absolute Gasteiger partial charge is 0.323 e. The zero-order chi connectivity index (χ0) is 34.8. The molecule has 0 aliphatic carbocycles. The molecule has 0 radical (unpaired) electrons. The van der Waals surface area contributed by atoms with Crippen LogP contribution in [0.2, 0.25) is 0 Å². The molecule has 1 aliphatic rings. The maximum Gasteiger partial charge on any atom is 0.323 e. The minimum absolute atomic E-state index is 0.0317. The highest BCUT2D eigenvalue weighted by atomic mass is 16.7. The number of anilines is 2. The fourth-order valence-corrected chi connectivity index (χ4v) is 4.95. The fraction of sp³-hybridized carbons (Fsp3) is 0.371. The number of benzene rings is 3. The van der Waals surface area contributed by atoms with E-state index in [-0.39, 0.29) is 25.2 Å². The number of carboxylic acid groups (broad SMARTS) is 1. The van der Waals surface area contributed by atoms with E-state index in [2.05, 4.69) is 21.3 Å². The van der Waals surface area contributed by atoms with Crippen LogP contribution in [0.15, 0.2) is 60.7 Å². The normalized spacial score (nSPS) is 13.0. The molecule has 0 saturated heterocycles. The summed E-state index contributed by atoms with van der Waals surface area (Å²) in [4.78, 5) is 50.8. The molecule has 4 rings (SSSR count). The summed E-state index contributed by atoms with van der Waals surface area (Å²) < 4.78 is 22.4. The molecule has 13 heteroatoms. The minimum atomic E-state index is -1.11. The van der Waals surface area contributed by atoms with Crippen LogP contribution in [0.1, 0.15) is 57.7 Å². The maximum absolute atomic E-state index is 13.4. The van der Waals surface area contributed by atoms with Crippen LogP contribution >= 0.6 is 0 Å². The van der Waals surface area contributed by atoms with E-state index in [9.17, 15) is 24.3 Å². The van der Waals surface area contributed by atoms with Crippen LogP contribution in [0.3, 0.4) is 0 Å². The molecule has 1 aliphatic heterocycles. The van der Waals surface area contributed by atoms with Crippen molar-refractivity contribution in [2.24, 2.45) is 5.92 Å². The third-order valence-electron chi connectivity index (χ3n) is 7.18. The molecule has 5 N–H and O–H groups in total. The Morgan fingerprint density at radius 3 is 2.31 bits per heavy atom. The number of nitrogens with one attached hydrogen (secondary N) is 4. The Kier molecular flexibility index (Phi) is 12.1. The molecule has 0 bridgehead atoms. The Bertz CT molecular complexity index is 1630. The van der Waals surface area contributed by atoms with E-state index in [0.717, 1.165) is 5.56 Å². The molecule has 256 valence electrons. The summed E-state index contributed by atoms with van der Waals surface area (Å²) in [7, 11) is 0. The van der Waals surface area contributed by atoms with Gasteiger partial charge < -0.3 is 45.3 Å². The van der Waals surface area contributed by atoms with Gasteiger partial charge in [-0.1, -0.05) is 38.1 Å². The van der Waals surface area contributed by atoms with Crippen molar-refractivity contribution in [2.75, 3.05) is 24.0 Å². The van der Waals surface area contributed by atoms with Gasteiger partial charge in [0.1, 0.15) is 17.5 Å². The zero-order valence-electron chi connectivity index (χ0n) is 27.6. The second kappa shape index (κ2) is 16.4. The van der Waals surface area contributed by atoms with Crippen LogP contribution < -0.4 is 40.2 Å². The molecule has 48 heavy (non-hydrogen) atoms. The molecule has 0 spiro atoms. The van der Waals surface area contributed by atoms with E-state index in [1.54, 1.807) is 42.5 Å². The Morgan fingerprint density at radius 1 is 0.875 bits per heavy atom. The lowest BCUT2D eigenvalue weighted by Crippen LogP contribution is -2.49. The molecule has 2 atom stereocenters. The molecule has 1 heterocycles. The van der Waals surface area contributed by atoms with Gasteiger partial charge in [0, 0.05) is 11.8 Å². The van der Waals surface area contributed by atoms with Crippen LogP contribution in [0, 0.1) is 12.8 Å². The largest absolute Gasteiger partial charge is 0.489 e. The van der Waals surface area contributed by atoms with Gasteiger partial charge >= 0.3 is 12.0 Å². The summed E-state index contributed by atoms with van der Waals surface area (Å²) in [6, 6.07) is 14.8. The van der Waals surface area contributed by atoms with Crippen molar-refractivity contribution in [2.45, 2.75) is 65.6 Å². The highest BCUT2D eigenvalue weighted by Gasteiger charge is 2.27. The number of fused-ring (bicyclic) bond motifs is 1. The number of amides is 4. The third kappa shape index (κ3) is 10.3. The predicted molar refractivity (Wildman–Crippen MR) is 179 cm³/mol. The van der Waals surface area contributed by atoms with Crippen molar-refractivity contribution >= 4 is 35.2 Å². The van der Waals surface area contributed by atoms with E-state index in [1.165, 1.54) is 0 Å². The Hall–Kier alpha value is -5.46. The van der Waals surface area contributed by atoms with Gasteiger partial charge in [0.2, 0.25) is 12.7 Å². The maximum atomic E-state index is 13.4. The lowest BCUT2D eigenvalue weighted by atomic mass is 10.00. The van der Waals surface area contributed by atoms with Gasteiger partial charge in [-0.15, -0.1) is 0 Å². The van der Waals surface area contributed by atoms with Crippen LogP contribution in [0.25, 0.3) is 0 Å². The molecule has 4 amide bonds. The highest BCUT2D eigenvalue weighted by molar-refractivity contribution is 6.01. The van der Waals surface area contributed by atoms with Crippen LogP contribution in [-0.2, 0) is 14.4 Å². The number of hydrogen-bond acceptors (Lipinski definition) is 8. The van der Waals surface area contributed by atoms with Crippen molar-refractivity contribution < 1.29 is 43.2 Å². The summed E-state index contributed by atoms with van der Waals surface area (Å²) in [6.45, 7) is 9.02. The topological polar surface area (TPSA) is 174 Å². The number of carboxylic acids is 1. The van der Waals surface area contributed by atoms with E-state index in [0.29, 0.717) is 46.4 Å². The number of para-hydroxylation sites is 1. The molecular weight excluding hydrogens is 620 g/mol. The van der Waals surface area contributed by atoms with E-state index in [1.807, 2.05) is 52.8 Å². The lowest BCUT2D eigenvalue weighted by Gasteiger charge is -2.24. The molecule has 13 nitrogen and oxygen atoms in total. The number of hydrogen-bond donors (Lipinski definition) is 5. The van der Waals surface area contributed by atoms with Crippen molar-refractivity contribution in [1.29, 1.82) is 0 Å². The van der Waals surface area contributed by atoms with Gasteiger partial charge in [-0.25, -0.2) is 4.79 Å². The third-order valence-corrected chi connectivity index (χ3v) is 7.18. The van der Waals surface area contributed by atoms with E-state index >= 15 is 0 Å². The van der Waals surface area contributed by atoms with E-state index in [4.69, 9.17) is 18.9 Å². The average molecular weight is 663 g/mol. The number of rotatable bonds is 15. The van der Waals surface area contributed by atoms with Crippen LogP contribution in [-0.4, -0.2) is 54.5 Å². The molecule has 0 fully saturated rings. The number of aryl methyl sites for hydroxylation is 1. The molecule has 0 saturated carbocycles. The molecule has 3 aromatic carbocycles. The SMILES string of the molecule is Cc1ccccc1NC(=O)Nc1ccc(OCC(=O)NC(CC(C)C)C(=O)NC(CC(=O)O)c2ccc3c(c2)OCO3)cc1OC(C)C. The highest BCUT2D eigenvalue weighted by Crippen LogP contribution is 2.35. The number of aliphatic carboxylic acids is 1. The van der Waals surface area contributed by atoms with Gasteiger partial charge in [-0.2, -0.15) is 0 Å². The van der Waals surface area contributed by atoms with Crippen LogP contribution in [0.4, 0.5) is 16.2 Å². The summed E-state index contributed by atoms with van der Waals surface area (Å²) in [5.74, 6) is -0.534. The predicted octanol–water partition coefficient (Wildman–Crippen LogP) is 5.40. The van der Waals surface area contributed by atoms with Crippen molar-refractivity contribution in [3.63, 3.8) is 0 Å². The first-order chi connectivity index (χ1) is 22.9. The second-order valence-electron chi connectivity index (χ2n) is 12.0. The first-order valence-electron chi connectivity index (χ1n) is 15.7. The summed E-state index contributed by atoms with van der Waals surface area (Å²) >= 11 is 0. The molecule has 0 aromatic heterocycles. The average Bonchev–Trinajstić information content (AvgIpc) is 3.49. The summed E-state index contributed by atoms with van der Waals surface area (Å²) in [5.41, 5.74) is 2.50. The van der Waals surface area contributed by atoms with Gasteiger partial charge in [-0.05, 0) is 74.6 Å². The van der Waals surface area contributed by atoms with Gasteiger partial charge in [0.25, 0.3) is 5.91 Å². The zero-order valence-corrected chi connectivity index (χ0v) is 27.6. The molecule has 3 aromatic rings. The van der Waals surface area contributed by atoms with Crippen molar-refractivity contribution in [1.82, 2.24) is 10.6 Å². The van der Waals surface area contributed by atoms with Crippen LogP contribution in [0.5, 0.6) is 23.0 Å². The Balaban J connectivity index is 1.40. The van der Waals surface area contributed by atoms with Gasteiger partial charge in [-0.3, -0.25) is 14.4 Å². The Labute approximate surface area is 279 Å². The Morgan fingerprint density at radius 2 is 1.60 bits per heavy atom. The van der Waals surface area contributed by atoms with E-state index < -0.39 is 42.5 Å². The first kappa shape index (κ1) is 35.4. The van der Waals surface area contributed by atoms with Crippen molar-refractivity contribution in [3.8, 4) is 23.0 Å². The fourth-order valence-electron chi connectivity index (χ4n) is 4.95. The molecule has 2 unspecified atom stereocenters. The number of urea groups is 1. The standard InChI is InChI=1S/C35H42N4O9/c1-20(2)14-28(34(43)37-27(17-33(41)42)23-10-13-29-31(15-23)47-19-46-29)36-32(40)18-45-24-11-12-26(30(16-24)48-21(3)4)39-35(44)38-25-9-7-6-8-22(25)5/h6-13,15-16,20-21,27-28H,14,17-19H2,1-5H3,(H,36,40)(H,37,43)(H,41,42)(H2,38,39,44). The second-order valence-corrected chi connectivity index (χ2v) is 12.0. The number of carbonyl (C=O) groups excluding carboxylic acids is 3. The molecular formula is C35H42N4O9. The minimum Gasteiger partial charge on any atom is -0.489 e. The number of ether oxygens (including phenoxy) is 4. The summed E-state index contributed by atoms with van der Waals surface area (Å²) in [5, 5.41) is 20.6. The first-order valence-corrected chi connectivity index (χ1v) is 15.7.